The minimum absolute atomic E-state index is 0.994. The Hall–Kier alpha value is -0.885. The number of hydrogen-bond acceptors (Lipinski definition) is 1. The van der Waals surface area contributed by atoms with Crippen molar-refractivity contribution in [2.24, 2.45) is 0 Å². The van der Waals surface area contributed by atoms with E-state index in [0.29, 0.717) is 0 Å². The normalized spacial score (nSPS) is 10.8. The van der Waals surface area contributed by atoms with Crippen molar-refractivity contribution < 1.29 is 21.8 Å². The van der Waals surface area contributed by atoms with E-state index in [2.05, 4.69) is 57.1 Å². The molecule has 0 bridgehead atoms. The fourth-order valence-corrected chi connectivity index (χ4v) is 3.00. The highest BCUT2D eigenvalue weighted by Gasteiger charge is 2.20. The van der Waals surface area contributed by atoms with Crippen LogP contribution in [-0.2, 0) is 6.54 Å². The smallest absolute Gasteiger partial charge is 0.418 e. The molecule has 0 unspecified atom stereocenters. The fraction of sp³-hybridized carbons (Fsp3) is 0.182. The summed E-state index contributed by atoms with van der Waals surface area (Å²) in [5.74, 6) is 0. The molecule has 0 saturated heterocycles. The van der Waals surface area contributed by atoms with Gasteiger partial charge >= 0.3 is 11.2 Å². The van der Waals surface area contributed by atoms with E-state index >= 15 is 0 Å². The molecular weight excluding hydrogens is 345 g/mol. The van der Waals surface area contributed by atoms with Gasteiger partial charge < -0.3 is 17.3 Å². The molecule has 0 aliphatic heterocycles. The standard InChI is InChI=1S/C11H11BrNS.BF4/c1-2-13-10(8-14-11(13)12)9-6-4-3-5-7-9;2-1(3,4)5/h3-8H,2H2,1H3;/q+1;-1. The Labute approximate surface area is 121 Å². The second kappa shape index (κ2) is 7.05. The molecule has 104 valence electrons. The molecule has 0 N–H and O–H groups in total. The highest BCUT2D eigenvalue weighted by Crippen LogP contribution is 2.22. The Morgan fingerprint density at radius 1 is 1.16 bits per heavy atom. The molecule has 1 nitrogen and oxygen atoms in total. The molecule has 1 aromatic carbocycles. The molecule has 0 fully saturated rings. The lowest BCUT2D eigenvalue weighted by molar-refractivity contribution is -0.688. The summed E-state index contributed by atoms with van der Waals surface area (Å²) in [5, 5.41) is 2.18. The summed E-state index contributed by atoms with van der Waals surface area (Å²) in [5.41, 5.74) is 2.56. The Bertz CT molecular complexity index is 509. The summed E-state index contributed by atoms with van der Waals surface area (Å²) in [6.07, 6.45) is 0. The van der Waals surface area contributed by atoms with Crippen molar-refractivity contribution in [1.82, 2.24) is 0 Å². The Kier molecular flexibility index (Phi) is 6.00. The summed E-state index contributed by atoms with van der Waals surface area (Å²) in [7, 11) is -6.00. The van der Waals surface area contributed by atoms with E-state index in [0.717, 1.165) is 6.54 Å². The highest BCUT2D eigenvalue weighted by molar-refractivity contribution is 9.11. The molecule has 0 aliphatic carbocycles. The van der Waals surface area contributed by atoms with Crippen molar-refractivity contribution in [2.75, 3.05) is 0 Å². The van der Waals surface area contributed by atoms with Crippen LogP contribution < -0.4 is 4.57 Å². The maximum absolute atomic E-state index is 9.75. The van der Waals surface area contributed by atoms with Crippen LogP contribution in [0.3, 0.4) is 0 Å². The van der Waals surface area contributed by atoms with Crippen LogP contribution in [0.2, 0.25) is 0 Å². The molecule has 0 aliphatic rings. The first-order valence-electron chi connectivity index (χ1n) is 5.42. The van der Waals surface area contributed by atoms with Gasteiger partial charge in [-0.2, -0.15) is 4.57 Å². The molecule has 0 saturated carbocycles. The maximum atomic E-state index is 9.75. The van der Waals surface area contributed by atoms with Gasteiger partial charge in [-0.15, -0.1) is 0 Å². The summed E-state index contributed by atoms with van der Waals surface area (Å²) in [4.78, 5) is 0. The van der Waals surface area contributed by atoms with E-state index < -0.39 is 7.25 Å². The monoisotopic (exact) mass is 355 g/mol. The number of benzene rings is 1. The van der Waals surface area contributed by atoms with Gasteiger partial charge in [-0.3, -0.25) is 0 Å². The van der Waals surface area contributed by atoms with Crippen molar-refractivity contribution in [1.29, 1.82) is 0 Å². The van der Waals surface area contributed by atoms with Crippen LogP contribution in [0.4, 0.5) is 17.3 Å². The van der Waals surface area contributed by atoms with Crippen LogP contribution in [0.25, 0.3) is 11.3 Å². The first kappa shape index (κ1) is 16.2. The largest absolute Gasteiger partial charge is 0.673 e. The van der Waals surface area contributed by atoms with Gasteiger partial charge in [-0.25, -0.2) is 0 Å². The second-order valence-electron chi connectivity index (χ2n) is 3.48. The van der Waals surface area contributed by atoms with Gasteiger partial charge in [0.05, 0.1) is 5.38 Å². The summed E-state index contributed by atoms with van der Waals surface area (Å²) in [6, 6.07) is 10.5. The number of aromatic nitrogens is 1. The van der Waals surface area contributed by atoms with E-state index in [9.17, 15) is 17.3 Å². The third-order valence-corrected chi connectivity index (χ3v) is 3.90. The zero-order valence-electron chi connectivity index (χ0n) is 9.99. The van der Waals surface area contributed by atoms with Crippen molar-refractivity contribution in [2.45, 2.75) is 13.5 Å². The number of thiazole rings is 1. The average molecular weight is 356 g/mol. The van der Waals surface area contributed by atoms with Gasteiger partial charge in [0.2, 0.25) is 5.69 Å². The fourth-order valence-electron chi connectivity index (χ4n) is 1.45. The molecule has 1 heterocycles. The van der Waals surface area contributed by atoms with Crippen LogP contribution >= 0.6 is 27.3 Å². The zero-order chi connectivity index (χ0) is 14.5. The van der Waals surface area contributed by atoms with Gasteiger partial charge in [-0.1, -0.05) is 29.5 Å². The SMILES string of the molecule is CC[n+]1c(-c2ccccc2)csc1Br.F[B-](F)(F)F. The molecule has 8 heteroatoms. The summed E-state index contributed by atoms with van der Waals surface area (Å²) >= 11 is 5.29. The van der Waals surface area contributed by atoms with Crippen LogP contribution in [0.15, 0.2) is 39.6 Å². The van der Waals surface area contributed by atoms with Crippen molar-refractivity contribution in [3.8, 4) is 11.3 Å². The lowest BCUT2D eigenvalue weighted by Gasteiger charge is -1.96. The molecule has 19 heavy (non-hydrogen) atoms. The third-order valence-electron chi connectivity index (χ3n) is 2.16. The van der Waals surface area contributed by atoms with Gasteiger partial charge in [-0.05, 0) is 19.1 Å². The average Bonchev–Trinajstić information content (AvgIpc) is 2.69. The highest BCUT2D eigenvalue weighted by atomic mass is 79.9. The molecule has 2 aromatic rings. The summed E-state index contributed by atoms with van der Waals surface area (Å²) in [6.45, 7) is 3.15. The lowest BCUT2D eigenvalue weighted by atomic mass is 10.2. The number of nitrogens with zero attached hydrogens (tertiary/aromatic N) is 1. The molecule has 0 spiro atoms. The van der Waals surface area contributed by atoms with Crippen LogP contribution in [-0.4, -0.2) is 7.25 Å². The van der Waals surface area contributed by atoms with Crippen molar-refractivity contribution in [3.63, 3.8) is 0 Å². The lowest BCUT2D eigenvalue weighted by Crippen LogP contribution is -2.33. The molecule has 0 atom stereocenters. The Morgan fingerprint density at radius 2 is 1.68 bits per heavy atom. The topological polar surface area (TPSA) is 3.88 Å². The quantitative estimate of drug-likeness (QED) is 0.414. The number of rotatable bonds is 2. The molecule has 0 radical (unpaired) electrons. The van der Waals surface area contributed by atoms with Crippen LogP contribution in [0, 0.1) is 0 Å². The zero-order valence-corrected chi connectivity index (χ0v) is 12.4. The van der Waals surface area contributed by atoms with E-state index in [4.69, 9.17) is 0 Å². The minimum atomic E-state index is -6.00. The van der Waals surface area contributed by atoms with Crippen molar-refractivity contribution in [3.05, 3.63) is 39.6 Å². The van der Waals surface area contributed by atoms with Crippen molar-refractivity contribution >= 4 is 34.5 Å². The van der Waals surface area contributed by atoms with Gasteiger partial charge in [0.15, 0.2) is 0 Å². The molecule has 0 amide bonds. The van der Waals surface area contributed by atoms with E-state index in [1.165, 1.54) is 15.2 Å². The Morgan fingerprint density at radius 3 is 2.16 bits per heavy atom. The number of hydrogen-bond donors (Lipinski definition) is 0. The summed E-state index contributed by atoms with van der Waals surface area (Å²) < 4.78 is 42.4. The van der Waals surface area contributed by atoms with Crippen LogP contribution in [0.1, 0.15) is 6.92 Å². The Balaban J connectivity index is 0.000000312. The van der Waals surface area contributed by atoms with Crippen LogP contribution in [0.5, 0.6) is 0 Å². The second-order valence-corrected chi connectivity index (χ2v) is 5.61. The van der Waals surface area contributed by atoms with Gasteiger partial charge in [0.25, 0.3) is 0 Å². The van der Waals surface area contributed by atoms with E-state index in [1.807, 2.05) is 6.07 Å². The first-order valence-corrected chi connectivity index (χ1v) is 7.09. The molecular formula is C11H11BBrF4NS. The third kappa shape index (κ3) is 5.73. The molecule has 1 aromatic heterocycles. The van der Waals surface area contributed by atoms with E-state index in [1.54, 1.807) is 11.3 Å². The number of halogens is 5. The van der Waals surface area contributed by atoms with Gasteiger partial charge in [0.1, 0.15) is 6.54 Å². The maximum Gasteiger partial charge on any atom is 0.673 e. The first-order chi connectivity index (χ1) is 8.83. The van der Waals surface area contributed by atoms with Gasteiger partial charge in [0, 0.05) is 21.5 Å². The van der Waals surface area contributed by atoms with E-state index in [-0.39, 0.29) is 0 Å². The molecule has 2 rings (SSSR count). The minimum Gasteiger partial charge on any atom is -0.418 e. The predicted molar refractivity (Wildman–Crippen MR) is 73.5 cm³/mol. The predicted octanol–water partition coefficient (Wildman–Crippen LogP) is 4.79.